The summed E-state index contributed by atoms with van der Waals surface area (Å²) in [4.78, 5) is 12.8. The van der Waals surface area contributed by atoms with E-state index >= 15 is 0 Å². The lowest BCUT2D eigenvalue weighted by atomic mass is 10.0. The van der Waals surface area contributed by atoms with Crippen molar-refractivity contribution in [2.75, 3.05) is 20.2 Å². The maximum absolute atomic E-state index is 11.1. The first-order valence-electron chi connectivity index (χ1n) is 7.15. The van der Waals surface area contributed by atoms with Crippen LogP contribution in [0.1, 0.15) is 31.4 Å². The molecule has 2 amide bonds. The highest BCUT2D eigenvalue weighted by atomic mass is 35.5. The number of hydrogen-bond donors (Lipinski definition) is 2. The van der Waals surface area contributed by atoms with Gasteiger partial charge in [0.05, 0.1) is 7.11 Å². The fourth-order valence-corrected chi connectivity index (χ4v) is 2.93. The lowest BCUT2D eigenvalue weighted by molar-refractivity contribution is 0.183. The molecule has 1 aromatic rings. The molecule has 6 heteroatoms. The third-order valence-corrected chi connectivity index (χ3v) is 4.19. The van der Waals surface area contributed by atoms with Crippen LogP contribution in [0.2, 0.25) is 5.02 Å². The number of piperidine rings is 1. The molecule has 2 rings (SSSR count). The largest absolute Gasteiger partial charge is 0.496 e. The second-order valence-electron chi connectivity index (χ2n) is 5.37. The lowest BCUT2D eigenvalue weighted by Gasteiger charge is -2.33. The molecule has 1 saturated heterocycles. The van der Waals surface area contributed by atoms with Crippen molar-refractivity contribution in [1.82, 2.24) is 10.2 Å². The Kier molecular flexibility index (Phi) is 5.31. The molecule has 21 heavy (non-hydrogen) atoms. The zero-order valence-corrected chi connectivity index (χ0v) is 13.2. The summed E-state index contributed by atoms with van der Waals surface area (Å²) < 4.78 is 5.39. The van der Waals surface area contributed by atoms with Gasteiger partial charge in [0.25, 0.3) is 0 Å². The van der Waals surface area contributed by atoms with Crippen LogP contribution >= 0.6 is 11.6 Å². The molecule has 5 nitrogen and oxygen atoms in total. The standard InChI is InChI=1S/C15H22ClN3O2/c1-10(13-9-11(16)3-4-14(13)21-2)18-12-5-7-19(8-6-12)15(17)20/h3-4,9-10,12,18H,5-8H2,1-2H3,(H2,17,20)/t10-/m0/s1. The zero-order valence-electron chi connectivity index (χ0n) is 12.4. The van der Waals surface area contributed by atoms with Gasteiger partial charge in [0.1, 0.15) is 5.75 Å². The van der Waals surface area contributed by atoms with Gasteiger partial charge >= 0.3 is 6.03 Å². The molecule has 0 saturated carbocycles. The molecule has 116 valence electrons. The number of likely N-dealkylation sites (tertiary alicyclic amines) is 1. The van der Waals surface area contributed by atoms with Gasteiger partial charge in [-0.1, -0.05) is 11.6 Å². The molecule has 3 N–H and O–H groups in total. The fraction of sp³-hybridized carbons (Fsp3) is 0.533. The predicted octanol–water partition coefficient (Wildman–Crippen LogP) is 2.54. The number of carbonyl (C=O) groups excluding carboxylic acids is 1. The number of urea groups is 1. The summed E-state index contributed by atoms with van der Waals surface area (Å²) in [5, 5.41) is 4.28. The van der Waals surface area contributed by atoms with Crippen molar-refractivity contribution in [2.45, 2.75) is 31.8 Å². The minimum absolute atomic E-state index is 0.128. The molecule has 1 fully saturated rings. The van der Waals surface area contributed by atoms with E-state index in [1.807, 2.05) is 18.2 Å². The molecule has 1 aromatic carbocycles. The van der Waals surface area contributed by atoms with Crippen LogP contribution in [0.5, 0.6) is 5.75 Å². The Hall–Kier alpha value is -1.46. The van der Waals surface area contributed by atoms with Gasteiger partial charge < -0.3 is 20.7 Å². The first-order valence-corrected chi connectivity index (χ1v) is 7.53. The molecule has 1 atom stereocenters. The Morgan fingerprint density at radius 3 is 2.71 bits per heavy atom. The molecular weight excluding hydrogens is 290 g/mol. The molecule has 1 aliphatic heterocycles. The summed E-state index contributed by atoms with van der Waals surface area (Å²) >= 11 is 6.07. The number of nitrogens with zero attached hydrogens (tertiary/aromatic N) is 1. The van der Waals surface area contributed by atoms with Gasteiger partial charge in [-0.15, -0.1) is 0 Å². The van der Waals surface area contributed by atoms with Gasteiger partial charge in [-0.05, 0) is 38.0 Å². The SMILES string of the molecule is COc1ccc(Cl)cc1[C@H](C)NC1CCN(C(N)=O)CC1. The lowest BCUT2D eigenvalue weighted by Crippen LogP contribution is -2.47. The van der Waals surface area contributed by atoms with Crippen LogP contribution in [0.4, 0.5) is 4.79 Å². The summed E-state index contributed by atoms with van der Waals surface area (Å²) in [5.41, 5.74) is 6.34. The van der Waals surface area contributed by atoms with E-state index in [1.165, 1.54) is 0 Å². The number of halogens is 1. The van der Waals surface area contributed by atoms with Gasteiger partial charge in [0, 0.05) is 35.8 Å². The predicted molar refractivity (Wildman–Crippen MR) is 83.7 cm³/mol. The van der Waals surface area contributed by atoms with Crippen molar-refractivity contribution in [3.05, 3.63) is 28.8 Å². The summed E-state index contributed by atoms with van der Waals surface area (Å²) in [6, 6.07) is 5.78. The third-order valence-electron chi connectivity index (χ3n) is 3.95. The zero-order chi connectivity index (χ0) is 15.4. The van der Waals surface area contributed by atoms with E-state index in [-0.39, 0.29) is 12.1 Å². The molecule has 0 bridgehead atoms. The van der Waals surface area contributed by atoms with Crippen molar-refractivity contribution >= 4 is 17.6 Å². The number of carbonyl (C=O) groups is 1. The number of rotatable bonds is 4. The van der Waals surface area contributed by atoms with E-state index in [1.54, 1.807) is 12.0 Å². The topological polar surface area (TPSA) is 67.6 Å². The number of nitrogens with one attached hydrogen (secondary N) is 1. The summed E-state index contributed by atoms with van der Waals surface area (Å²) in [6.45, 7) is 3.49. The van der Waals surface area contributed by atoms with Crippen molar-refractivity contribution in [3.8, 4) is 5.75 Å². The van der Waals surface area contributed by atoms with Crippen LogP contribution in [-0.4, -0.2) is 37.2 Å². The van der Waals surface area contributed by atoms with Crippen LogP contribution in [0, 0.1) is 0 Å². The highest BCUT2D eigenvalue weighted by molar-refractivity contribution is 6.30. The van der Waals surface area contributed by atoms with Gasteiger partial charge in [-0.3, -0.25) is 0 Å². The van der Waals surface area contributed by atoms with Crippen LogP contribution < -0.4 is 15.8 Å². The van der Waals surface area contributed by atoms with Gasteiger partial charge in [-0.2, -0.15) is 0 Å². The fourth-order valence-electron chi connectivity index (χ4n) is 2.75. The van der Waals surface area contributed by atoms with E-state index in [0.29, 0.717) is 24.2 Å². The maximum atomic E-state index is 11.1. The number of methoxy groups -OCH3 is 1. The highest BCUT2D eigenvalue weighted by Gasteiger charge is 2.23. The first-order chi connectivity index (χ1) is 10.0. The van der Waals surface area contributed by atoms with Crippen LogP contribution in [0.3, 0.4) is 0 Å². The van der Waals surface area contributed by atoms with Crippen LogP contribution in [-0.2, 0) is 0 Å². The van der Waals surface area contributed by atoms with Crippen LogP contribution in [0.25, 0.3) is 0 Å². The Bertz CT molecular complexity index is 502. The molecular formula is C15H22ClN3O2. The third kappa shape index (κ3) is 4.02. The minimum atomic E-state index is -0.335. The van der Waals surface area contributed by atoms with Crippen molar-refractivity contribution in [2.24, 2.45) is 5.73 Å². The van der Waals surface area contributed by atoms with E-state index in [0.717, 1.165) is 24.2 Å². The number of nitrogens with two attached hydrogens (primary N) is 1. The Morgan fingerprint density at radius 2 is 2.14 bits per heavy atom. The Balaban J connectivity index is 1.98. The Labute approximate surface area is 130 Å². The monoisotopic (exact) mass is 311 g/mol. The molecule has 1 heterocycles. The quantitative estimate of drug-likeness (QED) is 0.898. The van der Waals surface area contributed by atoms with E-state index < -0.39 is 0 Å². The number of hydrogen-bond acceptors (Lipinski definition) is 3. The van der Waals surface area contributed by atoms with Crippen molar-refractivity contribution < 1.29 is 9.53 Å². The number of ether oxygens (including phenoxy) is 1. The smallest absolute Gasteiger partial charge is 0.314 e. The second-order valence-corrected chi connectivity index (χ2v) is 5.81. The maximum Gasteiger partial charge on any atom is 0.314 e. The molecule has 1 aliphatic rings. The average molecular weight is 312 g/mol. The molecule has 0 aliphatic carbocycles. The van der Waals surface area contributed by atoms with Crippen LogP contribution in [0.15, 0.2) is 18.2 Å². The second kappa shape index (κ2) is 7.00. The van der Waals surface area contributed by atoms with Gasteiger partial charge in [-0.25, -0.2) is 4.79 Å². The first kappa shape index (κ1) is 15.9. The number of benzene rings is 1. The molecule has 0 unspecified atom stereocenters. The van der Waals surface area contributed by atoms with Crippen molar-refractivity contribution in [1.29, 1.82) is 0 Å². The highest BCUT2D eigenvalue weighted by Crippen LogP contribution is 2.29. The van der Waals surface area contributed by atoms with Gasteiger partial charge in [0.2, 0.25) is 0 Å². The molecule has 0 aromatic heterocycles. The summed E-state index contributed by atoms with van der Waals surface area (Å²) in [7, 11) is 1.66. The normalized spacial score (nSPS) is 17.6. The summed E-state index contributed by atoms with van der Waals surface area (Å²) in [5.74, 6) is 0.828. The number of primary amides is 1. The van der Waals surface area contributed by atoms with Crippen molar-refractivity contribution in [3.63, 3.8) is 0 Å². The molecule has 0 radical (unpaired) electrons. The minimum Gasteiger partial charge on any atom is -0.496 e. The van der Waals surface area contributed by atoms with E-state index in [4.69, 9.17) is 22.1 Å². The van der Waals surface area contributed by atoms with E-state index in [2.05, 4.69) is 12.2 Å². The Morgan fingerprint density at radius 1 is 1.48 bits per heavy atom. The van der Waals surface area contributed by atoms with Gasteiger partial charge in [0.15, 0.2) is 0 Å². The van der Waals surface area contributed by atoms with E-state index in [9.17, 15) is 4.79 Å². The molecule has 0 spiro atoms. The number of amides is 2. The average Bonchev–Trinajstić information content (AvgIpc) is 2.47. The summed E-state index contributed by atoms with van der Waals surface area (Å²) in [6.07, 6.45) is 1.80.